The Bertz CT molecular complexity index is 448. The second-order valence-electron chi connectivity index (χ2n) is 5.19. The molecule has 0 saturated heterocycles. The molecule has 1 amide bonds. The quantitative estimate of drug-likeness (QED) is 0.193. The van der Waals surface area contributed by atoms with E-state index < -0.39 is 23.1 Å². The monoisotopic (exact) mass is 409 g/mol. The van der Waals surface area contributed by atoms with Gasteiger partial charge < -0.3 is 34.5 Å². The number of thioether (sulfide) groups is 1. The predicted molar refractivity (Wildman–Crippen MR) is 96.9 cm³/mol. The highest BCUT2D eigenvalue weighted by Crippen LogP contribution is 2.16. The summed E-state index contributed by atoms with van der Waals surface area (Å²) in [5.74, 6) is -2.46. The van der Waals surface area contributed by atoms with Crippen LogP contribution in [0.2, 0.25) is 0 Å². The van der Waals surface area contributed by atoms with Crippen LogP contribution in [0.4, 0.5) is 0 Å². The van der Waals surface area contributed by atoms with E-state index in [0.29, 0.717) is 39.5 Å². The topological polar surface area (TPSA) is 148 Å². The fourth-order valence-corrected chi connectivity index (χ4v) is 2.67. The van der Waals surface area contributed by atoms with Crippen molar-refractivity contribution in [2.45, 2.75) is 24.5 Å². The number of hydrogen-bond donors (Lipinski definition) is 3. The molecular weight excluding hydrogens is 382 g/mol. The van der Waals surface area contributed by atoms with Crippen LogP contribution in [0.3, 0.4) is 0 Å². The Morgan fingerprint density at radius 3 is 2.11 bits per heavy atom. The Balaban J connectivity index is 3.59. The van der Waals surface area contributed by atoms with Gasteiger partial charge in [-0.05, 0) is 0 Å². The van der Waals surface area contributed by atoms with Crippen LogP contribution in [0.15, 0.2) is 0 Å². The average molecular weight is 409 g/mol. The number of carbonyl (C=O) groups is 4. The zero-order valence-electron chi connectivity index (χ0n) is 15.1. The molecule has 11 heteroatoms. The minimum atomic E-state index is -1.15. The van der Waals surface area contributed by atoms with Crippen LogP contribution in [0.5, 0.6) is 0 Å². The third kappa shape index (κ3) is 17.5. The molecule has 0 spiro atoms. The van der Waals surface area contributed by atoms with Crippen molar-refractivity contribution in [3.05, 3.63) is 0 Å². The van der Waals surface area contributed by atoms with Crippen LogP contribution >= 0.6 is 11.8 Å². The smallest absolute Gasteiger partial charge is 0.317 e. The highest BCUT2D eigenvalue weighted by atomic mass is 32.2. The summed E-state index contributed by atoms with van der Waals surface area (Å²) in [4.78, 5) is 43.3. The minimum Gasteiger partial charge on any atom is -0.481 e. The van der Waals surface area contributed by atoms with Gasteiger partial charge in [0.05, 0.1) is 46.1 Å². The van der Waals surface area contributed by atoms with E-state index in [-0.39, 0.29) is 31.7 Å². The van der Waals surface area contributed by atoms with E-state index in [1.807, 2.05) is 0 Å². The van der Waals surface area contributed by atoms with Crippen LogP contribution in [0, 0.1) is 0 Å². The number of aldehydes is 1. The van der Waals surface area contributed by atoms with Gasteiger partial charge in [0.15, 0.2) is 0 Å². The fraction of sp³-hybridized carbons (Fsp3) is 0.750. The maximum absolute atomic E-state index is 11.7. The van der Waals surface area contributed by atoms with E-state index >= 15 is 0 Å². The molecule has 0 aliphatic heterocycles. The van der Waals surface area contributed by atoms with Crippen molar-refractivity contribution in [3.63, 3.8) is 0 Å². The number of nitrogens with one attached hydrogen (secondary N) is 1. The number of rotatable bonds is 19. The van der Waals surface area contributed by atoms with Gasteiger partial charge in [0.25, 0.3) is 0 Å². The fourth-order valence-electron chi connectivity index (χ4n) is 1.68. The molecule has 1 atom stereocenters. The summed E-state index contributed by atoms with van der Waals surface area (Å²) < 4.78 is 15.6. The van der Waals surface area contributed by atoms with Crippen molar-refractivity contribution >= 4 is 35.9 Å². The first kappa shape index (κ1) is 25.3. The molecule has 1 unspecified atom stereocenters. The van der Waals surface area contributed by atoms with Gasteiger partial charge in [-0.25, -0.2) is 0 Å². The highest BCUT2D eigenvalue weighted by molar-refractivity contribution is 8.00. The number of carboxylic acids is 2. The van der Waals surface area contributed by atoms with E-state index in [0.717, 1.165) is 18.0 Å². The van der Waals surface area contributed by atoms with Crippen LogP contribution in [-0.4, -0.2) is 91.5 Å². The summed E-state index contributed by atoms with van der Waals surface area (Å²) in [5, 5.41) is 19.2. The third-order valence-electron chi connectivity index (χ3n) is 2.97. The van der Waals surface area contributed by atoms with E-state index in [4.69, 9.17) is 24.4 Å². The Morgan fingerprint density at radius 1 is 0.963 bits per heavy atom. The van der Waals surface area contributed by atoms with E-state index in [9.17, 15) is 19.2 Å². The Hall–Kier alpha value is -1.69. The van der Waals surface area contributed by atoms with Crippen LogP contribution in [0.1, 0.15) is 19.3 Å². The second kappa shape index (κ2) is 17.7. The summed E-state index contributed by atoms with van der Waals surface area (Å²) in [6.07, 6.45) is 0.764. The first-order valence-corrected chi connectivity index (χ1v) is 9.52. The van der Waals surface area contributed by atoms with Gasteiger partial charge in [-0.3, -0.25) is 14.4 Å². The van der Waals surface area contributed by atoms with Crippen LogP contribution < -0.4 is 5.32 Å². The number of carboxylic acid groups (broad SMARTS) is 2. The van der Waals surface area contributed by atoms with Crippen molar-refractivity contribution in [2.75, 3.05) is 51.9 Å². The third-order valence-corrected chi connectivity index (χ3v) is 4.18. The maximum Gasteiger partial charge on any atom is 0.317 e. The summed E-state index contributed by atoms with van der Waals surface area (Å²) in [6.45, 7) is 2.38. The van der Waals surface area contributed by atoms with E-state index in [2.05, 4.69) is 5.32 Å². The van der Waals surface area contributed by atoms with Crippen LogP contribution in [0.25, 0.3) is 0 Å². The van der Waals surface area contributed by atoms with Gasteiger partial charge >= 0.3 is 11.9 Å². The molecule has 0 rings (SSSR count). The minimum absolute atomic E-state index is 0.130. The van der Waals surface area contributed by atoms with Gasteiger partial charge in [-0.1, -0.05) is 0 Å². The summed E-state index contributed by atoms with van der Waals surface area (Å²) in [7, 11) is 0. The van der Waals surface area contributed by atoms with Crippen molar-refractivity contribution in [1.29, 1.82) is 0 Å². The molecule has 0 saturated carbocycles. The predicted octanol–water partition coefficient (Wildman–Crippen LogP) is -0.207. The number of ether oxygens (including phenoxy) is 3. The van der Waals surface area contributed by atoms with Gasteiger partial charge in [0, 0.05) is 25.1 Å². The molecule has 0 aliphatic rings. The molecule has 0 radical (unpaired) electrons. The maximum atomic E-state index is 11.7. The lowest BCUT2D eigenvalue weighted by molar-refractivity contribution is -0.138. The number of aliphatic carboxylic acids is 2. The molecule has 0 fully saturated rings. The Morgan fingerprint density at radius 2 is 1.56 bits per heavy atom. The molecule has 0 aromatic carbocycles. The lowest BCUT2D eigenvalue weighted by atomic mass is 10.3. The zero-order chi connectivity index (χ0) is 20.3. The molecule has 0 aromatic heterocycles. The van der Waals surface area contributed by atoms with Crippen molar-refractivity contribution < 1.29 is 43.6 Å². The SMILES string of the molecule is O=CCCOCCOCCOCCNC(=O)CC(SCCC(=O)O)C(=O)O. The van der Waals surface area contributed by atoms with Gasteiger partial charge in [0.2, 0.25) is 5.91 Å². The van der Waals surface area contributed by atoms with E-state index in [1.54, 1.807) is 0 Å². The molecule has 0 heterocycles. The first-order valence-electron chi connectivity index (χ1n) is 8.47. The molecule has 3 N–H and O–H groups in total. The van der Waals surface area contributed by atoms with Crippen molar-refractivity contribution in [3.8, 4) is 0 Å². The van der Waals surface area contributed by atoms with Gasteiger partial charge in [-0.15, -0.1) is 11.8 Å². The molecule has 156 valence electrons. The zero-order valence-corrected chi connectivity index (χ0v) is 15.9. The molecule has 0 aliphatic carbocycles. The average Bonchev–Trinajstić information content (AvgIpc) is 2.61. The Labute approximate surface area is 161 Å². The first-order chi connectivity index (χ1) is 13.0. The van der Waals surface area contributed by atoms with Crippen LogP contribution in [-0.2, 0) is 33.4 Å². The molecule has 0 bridgehead atoms. The summed E-state index contributed by atoms with van der Waals surface area (Å²) in [6, 6.07) is 0. The van der Waals surface area contributed by atoms with Crippen molar-refractivity contribution in [2.24, 2.45) is 0 Å². The lowest BCUT2D eigenvalue weighted by Gasteiger charge is -2.12. The molecule has 0 aromatic rings. The molecule has 27 heavy (non-hydrogen) atoms. The Kier molecular flexibility index (Phi) is 16.6. The number of amides is 1. The van der Waals surface area contributed by atoms with Crippen molar-refractivity contribution in [1.82, 2.24) is 5.32 Å². The van der Waals surface area contributed by atoms with Gasteiger partial charge in [0.1, 0.15) is 11.5 Å². The largest absolute Gasteiger partial charge is 0.481 e. The standard InChI is InChI=1S/C16H27NO9S/c18-4-1-5-24-7-9-26-10-8-25-6-3-17-14(19)12-13(16(22)23)27-11-2-15(20)21/h4,13H,1-3,5-12H2,(H,17,19)(H,20,21)(H,22,23). The summed E-state index contributed by atoms with van der Waals surface area (Å²) >= 11 is 0.931. The normalized spacial score (nSPS) is 11.7. The second-order valence-corrected chi connectivity index (χ2v) is 6.50. The number of carbonyl (C=O) groups excluding carboxylic acids is 2. The highest BCUT2D eigenvalue weighted by Gasteiger charge is 2.21. The van der Waals surface area contributed by atoms with E-state index in [1.165, 1.54) is 0 Å². The summed E-state index contributed by atoms with van der Waals surface area (Å²) in [5.41, 5.74) is 0. The lowest BCUT2D eigenvalue weighted by Crippen LogP contribution is -2.32. The molecule has 10 nitrogen and oxygen atoms in total. The van der Waals surface area contributed by atoms with Gasteiger partial charge in [-0.2, -0.15) is 0 Å². The number of hydrogen-bond acceptors (Lipinski definition) is 8. The molecular formula is C16H27NO9S.